The molecule has 61 heavy (non-hydrogen) atoms. The fourth-order valence-electron chi connectivity index (χ4n) is 9.31. The van der Waals surface area contributed by atoms with Crippen LogP contribution in [0.15, 0.2) is 100.0 Å². The fourth-order valence-corrected chi connectivity index (χ4v) is 11.0. The lowest BCUT2D eigenvalue weighted by atomic mass is 9.77. The van der Waals surface area contributed by atoms with Crippen molar-refractivity contribution in [3.63, 3.8) is 0 Å². The van der Waals surface area contributed by atoms with Gasteiger partial charge in [0.1, 0.15) is 5.75 Å². The Hall–Kier alpha value is -3.82. The van der Waals surface area contributed by atoms with Crippen LogP contribution in [0.4, 0.5) is 11.4 Å². The molecule has 14 nitrogen and oxygen atoms in total. The molecule has 0 fully saturated rings. The van der Waals surface area contributed by atoms with E-state index in [0.717, 1.165) is 56.3 Å². The van der Waals surface area contributed by atoms with Crippen LogP contribution in [0.25, 0.3) is 21.5 Å². The molecular formula is C42H46ClN2O12S4+. The second kappa shape index (κ2) is 16.7. The number of fused-ring (bicyclic) bond motifs is 6. The summed E-state index contributed by atoms with van der Waals surface area (Å²) in [7, 11) is -13.1. The minimum absolute atomic E-state index is 0.0568. The number of hydrogen-bond donors (Lipinski definition) is 4. The Labute approximate surface area is 365 Å². The molecule has 1 atom stereocenters. The van der Waals surface area contributed by atoms with Crippen molar-refractivity contribution >= 4 is 93.5 Å². The maximum Gasteiger partial charge on any atom is 0.294 e. The summed E-state index contributed by atoms with van der Waals surface area (Å²) in [5.41, 5.74) is 4.67. The van der Waals surface area contributed by atoms with Crippen molar-refractivity contribution in [1.82, 2.24) is 0 Å². The Kier molecular flexibility index (Phi) is 12.4. The number of rotatable bonds is 14. The van der Waals surface area contributed by atoms with E-state index in [9.17, 15) is 38.9 Å². The molecule has 0 saturated carbocycles. The molecule has 3 N–H and O–H groups in total. The van der Waals surface area contributed by atoms with Crippen molar-refractivity contribution in [3.8, 4) is 5.75 Å². The normalized spacial score (nSPS) is 19.8. The third kappa shape index (κ3) is 9.16. The van der Waals surface area contributed by atoms with E-state index in [2.05, 4.69) is 42.2 Å². The molecule has 2 heterocycles. The van der Waals surface area contributed by atoms with Gasteiger partial charge in [0.05, 0.1) is 16.1 Å². The molecule has 3 aliphatic rings. The van der Waals surface area contributed by atoms with Crippen molar-refractivity contribution in [2.75, 3.05) is 29.5 Å². The van der Waals surface area contributed by atoms with Crippen LogP contribution in [0.1, 0.15) is 64.5 Å². The summed E-state index contributed by atoms with van der Waals surface area (Å²) in [6, 6.07) is 16.9. The van der Waals surface area contributed by atoms with E-state index >= 15 is 0 Å². The predicted octanol–water partition coefficient (Wildman–Crippen LogP) is 8.19. The zero-order valence-electron chi connectivity index (χ0n) is 33.7. The first-order chi connectivity index (χ1) is 28.5. The summed E-state index contributed by atoms with van der Waals surface area (Å²) < 4.78 is 107. The molecule has 0 saturated heterocycles. The molecule has 0 aromatic heterocycles. The first kappa shape index (κ1) is 45.2. The molecule has 0 bridgehead atoms. The maximum absolute atomic E-state index is 12.0. The molecule has 4 aromatic carbocycles. The molecule has 326 valence electrons. The average molecular weight is 935 g/mol. The van der Waals surface area contributed by atoms with Crippen LogP contribution in [0.3, 0.4) is 0 Å². The van der Waals surface area contributed by atoms with Gasteiger partial charge in [0, 0.05) is 59.3 Å². The van der Waals surface area contributed by atoms with Crippen LogP contribution in [-0.2, 0) is 50.6 Å². The van der Waals surface area contributed by atoms with Crippen molar-refractivity contribution in [2.45, 2.75) is 75.1 Å². The SMILES string of the molecule is CC1(C)C(/C=C/C2=C(Cl)C(=CCC3N(CCS(=O)(=O)O)c4ccc5cc(OOOS)ccc5c4C3(C)C)CCC2)=[N+](CCS(=O)(=O)O)c2ccc3cc(S(=O)(=O)O)ccc3c21. The van der Waals surface area contributed by atoms with Gasteiger partial charge in [-0.15, -0.1) is 4.33 Å². The van der Waals surface area contributed by atoms with Gasteiger partial charge in [0.15, 0.2) is 18.0 Å². The summed E-state index contributed by atoms with van der Waals surface area (Å²) in [6.07, 6.45) is 8.62. The maximum atomic E-state index is 12.0. The average Bonchev–Trinajstić information content (AvgIpc) is 3.54. The molecule has 2 aliphatic heterocycles. The lowest BCUT2D eigenvalue weighted by molar-refractivity contribution is -0.432. The van der Waals surface area contributed by atoms with Crippen LogP contribution in [0.5, 0.6) is 5.75 Å². The van der Waals surface area contributed by atoms with E-state index in [-0.39, 0.29) is 24.0 Å². The summed E-state index contributed by atoms with van der Waals surface area (Å²) in [6.45, 7) is 8.19. The first-order valence-electron chi connectivity index (χ1n) is 19.4. The molecule has 4 aromatic rings. The van der Waals surface area contributed by atoms with Crippen LogP contribution in [-0.4, -0.2) is 79.8 Å². The number of hydrogen-bond acceptors (Lipinski definition) is 11. The van der Waals surface area contributed by atoms with Gasteiger partial charge in [-0.2, -0.15) is 29.8 Å². The number of anilines is 1. The Balaban J connectivity index is 1.24. The van der Waals surface area contributed by atoms with Crippen molar-refractivity contribution in [1.29, 1.82) is 0 Å². The first-order valence-corrected chi connectivity index (χ1v) is 24.8. The molecule has 19 heteroatoms. The zero-order valence-corrected chi connectivity index (χ0v) is 37.8. The van der Waals surface area contributed by atoms with E-state index in [4.69, 9.17) is 16.5 Å². The minimum atomic E-state index is -4.45. The van der Waals surface area contributed by atoms with Gasteiger partial charge in [0.25, 0.3) is 30.4 Å². The zero-order chi connectivity index (χ0) is 44.3. The van der Waals surface area contributed by atoms with E-state index in [0.29, 0.717) is 41.1 Å². The van der Waals surface area contributed by atoms with Gasteiger partial charge in [0.2, 0.25) is 5.69 Å². The third-order valence-electron chi connectivity index (χ3n) is 12.1. The summed E-state index contributed by atoms with van der Waals surface area (Å²) in [5.74, 6) is -0.607. The Morgan fingerprint density at radius 2 is 1.52 bits per heavy atom. The van der Waals surface area contributed by atoms with Crippen LogP contribution in [0, 0.1) is 0 Å². The second-order valence-electron chi connectivity index (χ2n) is 16.5. The lowest BCUT2D eigenvalue weighted by Gasteiger charge is -2.34. The van der Waals surface area contributed by atoms with Crippen LogP contribution in [0.2, 0.25) is 0 Å². The van der Waals surface area contributed by atoms with Gasteiger partial charge < -0.3 is 9.79 Å². The highest BCUT2D eigenvalue weighted by Crippen LogP contribution is 2.51. The number of allylic oxidation sites excluding steroid dienone is 5. The molecule has 1 unspecified atom stereocenters. The van der Waals surface area contributed by atoms with Crippen molar-refractivity contribution in [2.24, 2.45) is 0 Å². The Morgan fingerprint density at radius 1 is 0.852 bits per heavy atom. The number of nitrogens with zero attached hydrogens (tertiary/aromatic N) is 2. The number of benzene rings is 4. The summed E-state index contributed by atoms with van der Waals surface area (Å²) in [4.78, 5) is 6.90. The minimum Gasteiger partial charge on any atom is -0.366 e. The molecule has 1 aliphatic carbocycles. The summed E-state index contributed by atoms with van der Waals surface area (Å²) >= 11 is 10.7. The van der Waals surface area contributed by atoms with E-state index in [1.807, 2.05) is 53.7 Å². The smallest absolute Gasteiger partial charge is 0.294 e. The van der Waals surface area contributed by atoms with E-state index in [1.54, 1.807) is 30.3 Å². The standard InChI is InChI=1S/C42H45ClN2O12S4/c1-41(2)36(44(20-22-59(46,47)48)34-16-8-28-24-30(55-56-57-58)12-14-32(28)38(34)41)18-10-26-6-5-7-27(40(26)43)11-19-37-42(3,4)39-33-15-13-31(61(52,53)54)25-29(33)9-17-35(39)45(37)21-23-60(49,50)51/h8-17,19,24-25,36H,5-7,18,20-23H2,1-4H3,(H3-,46,47,48,49,50,51,52,53,54,58)/p+1/b19-11+,26-10?. The van der Waals surface area contributed by atoms with Crippen LogP contribution < -0.4 is 9.79 Å². The predicted molar refractivity (Wildman–Crippen MR) is 238 cm³/mol. The van der Waals surface area contributed by atoms with E-state index < -0.39 is 52.7 Å². The lowest BCUT2D eigenvalue weighted by Crippen LogP contribution is -2.43. The Morgan fingerprint density at radius 3 is 2.21 bits per heavy atom. The van der Waals surface area contributed by atoms with Crippen molar-refractivity contribution in [3.05, 3.63) is 106 Å². The van der Waals surface area contributed by atoms with Gasteiger partial charge in [-0.25, -0.2) is 0 Å². The topological polar surface area (TPSA) is 197 Å². The highest BCUT2D eigenvalue weighted by molar-refractivity contribution is 7.86. The van der Waals surface area contributed by atoms with E-state index in [1.165, 1.54) is 12.1 Å². The quantitative estimate of drug-likeness (QED) is 0.0236. The van der Waals surface area contributed by atoms with Gasteiger partial charge in [-0.05, 0) is 119 Å². The molecule has 7 rings (SSSR count). The van der Waals surface area contributed by atoms with Gasteiger partial charge in [-0.3, -0.25) is 13.7 Å². The monoisotopic (exact) mass is 933 g/mol. The molecular weight excluding hydrogens is 888 g/mol. The van der Waals surface area contributed by atoms with Crippen LogP contribution >= 0.6 is 24.5 Å². The largest absolute Gasteiger partial charge is 0.366 e. The summed E-state index contributed by atoms with van der Waals surface area (Å²) in [5, 5.41) is 8.18. The highest BCUT2D eigenvalue weighted by Gasteiger charge is 2.47. The second-order valence-corrected chi connectivity index (χ2v) is 21.6. The fraction of sp³-hybridized carbons (Fsp3) is 0.357. The third-order valence-corrected chi connectivity index (χ3v) is 14.8. The van der Waals surface area contributed by atoms with Crippen molar-refractivity contribution < 1.29 is 57.7 Å². The molecule has 0 spiro atoms. The number of thiol groups is 1. The van der Waals surface area contributed by atoms with Gasteiger partial charge >= 0.3 is 0 Å². The number of halogens is 1. The Bertz CT molecular complexity index is 2920. The van der Waals surface area contributed by atoms with Gasteiger partial charge in [-0.1, -0.05) is 55.8 Å². The molecule has 0 radical (unpaired) electrons. The molecule has 0 amide bonds. The highest BCUT2D eigenvalue weighted by atomic mass is 35.5.